The zero-order valence-electron chi connectivity index (χ0n) is 19.4. The smallest absolute Gasteiger partial charge is 0.296 e. The van der Waals surface area contributed by atoms with E-state index < -0.39 is 6.04 Å². The molecule has 3 heterocycles. The van der Waals surface area contributed by atoms with Gasteiger partial charge >= 0.3 is 0 Å². The minimum Gasteiger partial charge on any atom is -0.497 e. The highest BCUT2D eigenvalue weighted by Crippen LogP contribution is 2.49. The van der Waals surface area contributed by atoms with E-state index in [2.05, 4.69) is 31.0 Å². The molecule has 0 saturated heterocycles. The Morgan fingerprint density at radius 1 is 1.18 bits per heavy atom. The number of amides is 1. The molecule has 5 rings (SSSR count). The third-order valence-corrected chi connectivity index (χ3v) is 7.73. The number of anilines is 1. The number of carbonyl (C=O) groups excluding carboxylic acids is 2. The summed E-state index contributed by atoms with van der Waals surface area (Å²) in [7, 11) is 1.61. The number of fused-ring (bicyclic) bond motifs is 1. The number of ether oxygens (including phenoxy) is 2. The molecule has 174 valence electrons. The van der Waals surface area contributed by atoms with Gasteiger partial charge in [0.05, 0.1) is 24.6 Å². The van der Waals surface area contributed by atoms with E-state index in [9.17, 15) is 9.59 Å². The summed E-state index contributed by atoms with van der Waals surface area (Å²) in [4.78, 5) is 29.1. The predicted molar refractivity (Wildman–Crippen MR) is 125 cm³/mol. The van der Waals surface area contributed by atoms with Crippen LogP contribution in [0.4, 0.5) is 5.13 Å². The first-order valence-electron chi connectivity index (χ1n) is 11.6. The Labute approximate surface area is 197 Å². The molecule has 0 N–H and O–H groups in total. The molecule has 0 radical (unpaired) electrons. The van der Waals surface area contributed by atoms with Crippen molar-refractivity contribution in [2.45, 2.75) is 58.6 Å². The second-order valence-corrected chi connectivity index (χ2v) is 10.8. The van der Waals surface area contributed by atoms with Gasteiger partial charge in [-0.15, -0.1) is 10.2 Å². The van der Waals surface area contributed by atoms with E-state index in [1.165, 1.54) is 11.3 Å². The van der Waals surface area contributed by atoms with E-state index in [4.69, 9.17) is 9.47 Å². The second kappa shape index (κ2) is 8.56. The van der Waals surface area contributed by atoms with Crippen LogP contribution in [0.2, 0.25) is 0 Å². The summed E-state index contributed by atoms with van der Waals surface area (Å²) in [5.74, 6) is 1.34. The van der Waals surface area contributed by atoms with Crippen LogP contribution >= 0.6 is 11.3 Å². The molecule has 1 aromatic carbocycles. The molecular weight excluding hydrogens is 438 g/mol. The molecule has 4 unspecified atom stereocenters. The van der Waals surface area contributed by atoms with Gasteiger partial charge in [0.2, 0.25) is 5.13 Å². The normalized spacial score (nSPS) is 27.0. The fourth-order valence-electron chi connectivity index (χ4n) is 5.15. The number of carbonyl (C=O) groups is 2. The van der Waals surface area contributed by atoms with Crippen LogP contribution in [0.1, 0.15) is 56.6 Å². The van der Waals surface area contributed by atoms with Gasteiger partial charge in [-0.25, -0.2) is 0 Å². The van der Waals surface area contributed by atoms with E-state index in [1.54, 1.807) is 12.0 Å². The topological polar surface area (TPSA) is 81.6 Å². The van der Waals surface area contributed by atoms with Crippen molar-refractivity contribution < 1.29 is 19.1 Å². The zero-order valence-corrected chi connectivity index (χ0v) is 20.2. The molecule has 2 aliphatic heterocycles. The summed E-state index contributed by atoms with van der Waals surface area (Å²) < 4.78 is 11.6. The number of Topliss-reactive ketones (excluding diaryl/α,β-unsaturated/α-hetero) is 1. The molecule has 1 saturated carbocycles. The first-order chi connectivity index (χ1) is 15.9. The van der Waals surface area contributed by atoms with Crippen molar-refractivity contribution in [1.29, 1.82) is 0 Å². The summed E-state index contributed by atoms with van der Waals surface area (Å²) in [6.45, 7) is 6.42. The Balaban J connectivity index is 1.59. The van der Waals surface area contributed by atoms with Crippen LogP contribution in [-0.2, 0) is 20.7 Å². The number of rotatable bonds is 5. The van der Waals surface area contributed by atoms with Gasteiger partial charge in [-0.2, -0.15) is 0 Å². The third kappa shape index (κ3) is 3.84. The van der Waals surface area contributed by atoms with Gasteiger partial charge in [0.25, 0.3) is 5.91 Å². The quantitative estimate of drug-likeness (QED) is 0.644. The van der Waals surface area contributed by atoms with Crippen molar-refractivity contribution in [1.82, 2.24) is 10.2 Å². The van der Waals surface area contributed by atoms with Gasteiger partial charge in [-0.05, 0) is 48.8 Å². The molecule has 1 amide bonds. The third-order valence-electron chi connectivity index (χ3n) is 6.79. The number of nitrogens with zero attached hydrogens (tertiary/aromatic N) is 3. The molecule has 1 aromatic heterocycles. The Hall–Kier alpha value is -2.74. The van der Waals surface area contributed by atoms with Gasteiger partial charge in [0, 0.05) is 6.42 Å². The monoisotopic (exact) mass is 467 g/mol. The second-order valence-electron chi connectivity index (χ2n) is 9.72. The van der Waals surface area contributed by atoms with Crippen LogP contribution in [0.5, 0.6) is 5.75 Å². The molecule has 4 atom stereocenters. The maximum Gasteiger partial charge on any atom is 0.296 e. The van der Waals surface area contributed by atoms with Crippen molar-refractivity contribution in [3.63, 3.8) is 0 Å². The Bertz CT molecular complexity index is 1110. The van der Waals surface area contributed by atoms with Crippen LogP contribution in [-0.4, -0.2) is 35.1 Å². The lowest BCUT2D eigenvalue weighted by molar-refractivity contribution is -0.132. The highest BCUT2D eigenvalue weighted by Gasteiger charge is 2.53. The minimum absolute atomic E-state index is 0.0383. The van der Waals surface area contributed by atoms with Gasteiger partial charge in [-0.1, -0.05) is 44.2 Å². The molecule has 0 spiro atoms. The summed E-state index contributed by atoms with van der Waals surface area (Å²) >= 11 is 1.41. The summed E-state index contributed by atoms with van der Waals surface area (Å²) in [5.41, 5.74) is 1.29. The van der Waals surface area contributed by atoms with Crippen LogP contribution in [0.3, 0.4) is 0 Å². The van der Waals surface area contributed by atoms with Crippen LogP contribution in [0.15, 0.2) is 35.6 Å². The maximum atomic E-state index is 13.8. The average Bonchev–Trinajstić information content (AvgIpc) is 3.36. The largest absolute Gasteiger partial charge is 0.497 e. The highest BCUT2D eigenvalue weighted by atomic mass is 32.1. The molecule has 2 aromatic rings. The number of hydrogen-bond donors (Lipinski definition) is 0. The Morgan fingerprint density at radius 2 is 1.94 bits per heavy atom. The number of aromatic nitrogens is 2. The number of methoxy groups -OCH3 is 1. The molecule has 0 bridgehead atoms. The van der Waals surface area contributed by atoms with Crippen molar-refractivity contribution in [3.05, 3.63) is 46.2 Å². The van der Waals surface area contributed by atoms with Crippen LogP contribution < -0.4 is 9.64 Å². The number of ketones is 1. The van der Waals surface area contributed by atoms with Gasteiger partial charge in [-0.3, -0.25) is 14.5 Å². The van der Waals surface area contributed by atoms with E-state index in [-0.39, 0.29) is 29.5 Å². The standard InChI is InChI=1S/C25H29N3O4S/c1-13(2)11-19-26-27-25(33-19)28-21(15-6-8-16(31-4)9-7-15)20-22(29)17-12-14(3)5-10-18(17)32-23(20)24(28)30/h6-9,13-14,17-18,21H,5,10-12H2,1-4H3. The van der Waals surface area contributed by atoms with Crippen LogP contribution in [0, 0.1) is 17.8 Å². The van der Waals surface area contributed by atoms with Gasteiger partial charge in [0.15, 0.2) is 11.5 Å². The first-order valence-corrected chi connectivity index (χ1v) is 12.4. The van der Waals surface area contributed by atoms with E-state index >= 15 is 0 Å². The molecule has 33 heavy (non-hydrogen) atoms. The first kappa shape index (κ1) is 22.1. The van der Waals surface area contributed by atoms with Crippen molar-refractivity contribution in [2.24, 2.45) is 17.8 Å². The molecule has 1 fully saturated rings. The molecule has 8 heteroatoms. The fraction of sp³-hybridized carbons (Fsp3) is 0.520. The van der Waals surface area contributed by atoms with Crippen molar-refractivity contribution in [3.8, 4) is 5.75 Å². The highest BCUT2D eigenvalue weighted by molar-refractivity contribution is 7.15. The van der Waals surface area contributed by atoms with Gasteiger partial charge < -0.3 is 9.47 Å². The van der Waals surface area contributed by atoms with Crippen molar-refractivity contribution in [2.75, 3.05) is 12.0 Å². The fourth-order valence-corrected chi connectivity index (χ4v) is 6.23. The van der Waals surface area contributed by atoms with Crippen LogP contribution in [0.25, 0.3) is 0 Å². The van der Waals surface area contributed by atoms with E-state index in [0.717, 1.165) is 36.3 Å². The van der Waals surface area contributed by atoms with E-state index in [1.807, 2.05) is 24.3 Å². The number of benzene rings is 1. The predicted octanol–water partition coefficient (Wildman–Crippen LogP) is 4.49. The lowest BCUT2D eigenvalue weighted by atomic mass is 9.74. The SMILES string of the molecule is COc1ccc(C2C3=C(OC4CCC(C)CC4C3=O)C(=O)N2c2nnc(CC(C)C)s2)cc1. The summed E-state index contributed by atoms with van der Waals surface area (Å²) in [6.07, 6.45) is 3.16. The average molecular weight is 468 g/mol. The minimum atomic E-state index is -0.580. The molecule has 7 nitrogen and oxygen atoms in total. The lowest BCUT2D eigenvalue weighted by Crippen LogP contribution is -2.41. The molecule has 1 aliphatic carbocycles. The zero-order chi connectivity index (χ0) is 23.3. The summed E-state index contributed by atoms with van der Waals surface area (Å²) in [5, 5.41) is 10.0. The number of hydrogen-bond acceptors (Lipinski definition) is 7. The molecule has 3 aliphatic rings. The lowest BCUT2D eigenvalue weighted by Gasteiger charge is -2.37. The molecular formula is C25H29N3O4S. The maximum absolute atomic E-state index is 13.8. The summed E-state index contributed by atoms with van der Waals surface area (Å²) in [6, 6.07) is 6.92. The van der Waals surface area contributed by atoms with Gasteiger partial charge in [0.1, 0.15) is 16.9 Å². The Morgan fingerprint density at radius 3 is 2.64 bits per heavy atom. The van der Waals surface area contributed by atoms with Crippen molar-refractivity contribution >= 4 is 28.2 Å². The van der Waals surface area contributed by atoms with E-state index in [0.29, 0.717) is 28.3 Å². The Kier molecular flexibility index (Phi) is 5.72.